The van der Waals surface area contributed by atoms with Crippen LogP contribution in [0.5, 0.6) is 11.5 Å². The van der Waals surface area contributed by atoms with Crippen LogP contribution in [0, 0.1) is 0 Å². The molecule has 0 aliphatic heterocycles. The Morgan fingerprint density at radius 1 is 1.05 bits per heavy atom. The normalized spacial score (nSPS) is 11.5. The van der Waals surface area contributed by atoms with E-state index < -0.39 is 7.14 Å². The third-order valence-electron chi connectivity index (χ3n) is 3.60. The van der Waals surface area contributed by atoms with Crippen LogP contribution < -0.4 is 20.5 Å². The molecule has 0 aromatic heterocycles. The number of nitrogens with two attached hydrogens (primary N) is 1. The van der Waals surface area contributed by atoms with Crippen molar-refractivity contribution in [1.29, 1.82) is 0 Å². The molecule has 0 saturated heterocycles. The van der Waals surface area contributed by atoms with Crippen LogP contribution in [0.4, 0.5) is 0 Å². The van der Waals surface area contributed by atoms with Gasteiger partial charge in [0.25, 0.3) is 0 Å². The van der Waals surface area contributed by atoms with E-state index in [-0.39, 0.29) is 0 Å². The SMILES string of the molecule is CCCP(=O)(CCC)c1cc(OC)c(CCN)cc1OC. The Morgan fingerprint density at radius 2 is 1.62 bits per heavy atom. The van der Waals surface area contributed by atoms with Gasteiger partial charge in [0.1, 0.15) is 18.6 Å². The molecule has 21 heavy (non-hydrogen) atoms. The minimum atomic E-state index is -2.44. The molecule has 0 aliphatic rings. The van der Waals surface area contributed by atoms with E-state index in [0.717, 1.165) is 29.5 Å². The fraction of sp³-hybridized carbons (Fsp3) is 0.625. The molecule has 2 N–H and O–H groups in total. The van der Waals surface area contributed by atoms with Crippen LogP contribution in [0.2, 0.25) is 0 Å². The average Bonchev–Trinajstić information content (AvgIpc) is 2.47. The summed E-state index contributed by atoms with van der Waals surface area (Å²) in [4.78, 5) is 0. The zero-order chi connectivity index (χ0) is 15.9. The Balaban J connectivity index is 3.41. The van der Waals surface area contributed by atoms with E-state index in [1.807, 2.05) is 12.1 Å². The zero-order valence-electron chi connectivity index (χ0n) is 13.6. The summed E-state index contributed by atoms with van der Waals surface area (Å²) < 4.78 is 24.3. The highest BCUT2D eigenvalue weighted by molar-refractivity contribution is 7.71. The maximum absolute atomic E-state index is 13.4. The van der Waals surface area contributed by atoms with E-state index in [1.54, 1.807) is 14.2 Å². The molecule has 5 heteroatoms. The Kier molecular flexibility index (Phi) is 7.27. The molecule has 1 rings (SSSR count). The molecular weight excluding hydrogens is 285 g/mol. The minimum absolute atomic E-state index is 0.542. The van der Waals surface area contributed by atoms with Gasteiger partial charge in [0.05, 0.1) is 19.5 Å². The van der Waals surface area contributed by atoms with Gasteiger partial charge in [-0.3, -0.25) is 0 Å². The number of rotatable bonds is 9. The maximum Gasteiger partial charge on any atom is 0.130 e. The molecule has 0 heterocycles. The van der Waals surface area contributed by atoms with Crippen LogP contribution in [0.25, 0.3) is 0 Å². The molecule has 120 valence electrons. The summed E-state index contributed by atoms with van der Waals surface area (Å²) in [6.45, 7) is 4.67. The van der Waals surface area contributed by atoms with Gasteiger partial charge < -0.3 is 19.8 Å². The second-order valence-corrected chi connectivity index (χ2v) is 8.37. The van der Waals surface area contributed by atoms with Crippen LogP contribution in [0.15, 0.2) is 12.1 Å². The molecule has 0 aliphatic carbocycles. The van der Waals surface area contributed by atoms with Crippen molar-refractivity contribution in [3.05, 3.63) is 17.7 Å². The van der Waals surface area contributed by atoms with Crippen molar-refractivity contribution in [3.8, 4) is 11.5 Å². The molecular formula is C16H28NO3P. The minimum Gasteiger partial charge on any atom is -0.496 e. The molecule has 0 atom stereocenters. The second-order valence-electron chi connectivity index (χ2n) is 5.21. The summed E-state index contributed by atoms with van der Waals surface area (Å²) in [5, 5.41) is 0.811. The predicted octanol–water partition coefficient (Wildman–Crippen LogP) is 3.01. The van der Waals surface area contributed by atoms with Crippen LogP contribution in [-0.2, 0) is 11.0 Å². The monoisotopic (exact) mass is 313 g/mol. The van der Waals surface area contributed by atoms with Crippen LogP contribution in [0.3, 0.4) is 0 Å². The molecule has 0 unspecified atom stereocenters. The molecule has 0 amide bonds. The second kappa shape index (κ2) is 8.45. The lowest BCUT2D eigenvalue weighted by molar-refractivity contribution is 0.401. The third-order valence-corrected chi connectivity index (χ3v) is 7.17. The quantitative estimate of drug-likeness (QED) is 0.712. The van der Waals surface area contributed by atoms with Gasteiger partial charge in [-0.1, -0.05) is 13.8 Å². The first-order valence-electron chi connectivity index (χ1n) is 7.59. The van der Waals surface area contributed by atoms with Crippen LogP contribution >= 0.6 is 7.14 Å². The summed E-state index contributed by atoms with van der Waals surface area (Å²) in [6.07, 6.45) is 3.92. The van der Waals surface area contributed by atoms with Crippen molar-refractivity contribution >= 4 is 12.4 Å². The number of methoxy groups -OCH3 is 2. The molecule has 0 saturated carbocycles. The highest BCUT2D eigenvalue weighted by Crippen LogP contribution is 2.49. The summed E-state index contributed by atoms with van der Waals surface area (Å²) in [5.41, 5.74) is 6.64. The van der Waals surface area contributed by atoms with Crippen molar-refractivity contribution in [2.45, 2.75) is 33.1 Å². The van der Waals surface area contributed by atoms with Gasteiger partial charge in [0.15, 0.2) is 0 Å². The fourth-order valence-electron chi connectivity index (χ4n) is 2.69. The summed E-state index contributed by atoms with van der Waals surface area (Å²) in [6, 6.07) is 3.83. The molecule has 4 nitrogen and oxygen atoms in total. The molecule has 0 spiro atoms. The van der Waals surface area contributed by atoms with Crippen molar-refractivity contribution in [1.82, 2.24) is 0 Å². The van der Waals surface area contributed by atoms with E-state index in [0.29, 0.717) is 31.0 Å². The lowest BCUT2D eigenvalue weighted by Gasteiger charge is -2.22. The maximum atomic E-state index is 13.4. The van der Waals surface area contributed by atoms with Crippen molar-refractivity contribution in [2.24, 2.45) is 5.73 Å². The smallest absolute Gasteiger partial charge is 0.130 e. The lowest BCUT2D eigenvalue weighted by atomic mass is 10.1. The van der Waals surface area contributed by atoms with Crippen LogP contribution in [-0.4, -0.2) is 33.1 Å². The van der Waals surface area contributed by atoms with Crippen LogP contribution in [0.1, 0.15) is 32.3 Å². The Labute approximate surface area is 128 Å². The highest BCUT2D eigenvalue weighted by Gasteiger charge is 2.28. The number of benzene rings is 1. The summed E-state index contributed by atoms with van der Waals surface area (Å²) in [7, 11) is 0.819. The molecule has 0 radical (unpaired) electrons. The average molecular weight is 313 g/mol. The first-order chi connectivity index (χ1) is 10.1. The number of ether oxygens (including phenoxy) is 2. The van der Waals surface area contributed by atoms with E-state index >= 15 is 0 Å². The molecule has 1 aromatic carbocycles. The first kappa shape index (κ1) is 18.1. The fourth-order valence-corrected chi connectivity index (χ4v) is 5.75. The lowest BCUT2D eigenvalue weighted by Crippen LogP contribution is -2.16. The topological polar surface area (TPSA) is 61.5 Å². The molecule has 0 fully saturated rings. The van der Waals surface area contributed by atoms with Gasteiger partial charge in [-0.15, -0.1) is 0 Å². The Hall–Kier alpha value is -0.990. The van der Waals surface area contributed by atoms with Crippen molar-refractivity contribution in [3.63, 3.8) is 0 Å². The van der Waals surface area contributed by atoms with Crippen molar-refractivity contribution in [2.75, 3.05) is 33.1 Å². The first-order valence-corrected chi connectivity index (χ1v) is 9.67. The number of hydrogen-bond donors (Lipinski definition) is 1. The standard InChI is InChI=1S/C16H28NO3P/c1-5-9-21(18,10-6-2)16-12-14(19-3)13(7-8-17)11-15(16)20-4/h11-12H,5-10,17H2,1-4H3. The summed E-state index contributed by atoms with van der Waals surface area (Å²) >= 11 is 0. The van der Waals surface area contributed by atoms with Gasteiger partial charge in [-0.25, -0.2) is 0 Å². The Morgan fingerprint density at radius 3 is 2.05 bits per heavy atom. The van der Waals surface area contributed by atoms with Crippen molar-refractivity contribution < 1.29 is 14.0 Å². The highest BCUT2D eigenvalue weighted by atomic mass is 31.2. The van der Waals surface area contributed by atoms with Gasteiger partial charge in [-0.2, -0.15) is 0 Å². The number of hydrogen-bond acceptors (Lipinski definition) is 4. The van der Waals surface area contributed by atoms with E-state index in [2.05, 4.69) is 13.8 Å². The van der Waals surface area contributed by atoms with Gasteiger partial charge >= 0.3 is 0 Å². The van der Waals surface area contributed by atoms with Gasteiger partial charge in [0.2, 0.25) is 0 Å². The third kappa shape index (κ3) is 4.24. The predicted molar refractivity (Wildman–Crippen MR) is 89.9 cm³/mol. The molecule has 1 aromatic rings. The largest absolute Gasteiger partial charge is 0.496 e. The zero-order valence-corrected chi connectivity index (χ0v) is 14.5. The van der Waals surface area contributed by atoms with Gasteiger partial charge in [-0.05, 0) is 43.5 Å². The van der Waals surface area contributed by atoms with E-state index in [9.17, 15) is 4.57 Å². The molecule has 0 bridgehead atoms. The Bertz CT molecular complexity index is 493. The summed E-state index contributed by atoms with van der Waals surface area (Å²) in [5.74, 6) is 1.45. The van der Waals surface area contributed by atoms with E-state index in [1.165, 1.54) is 0 Å². The van der Waals surface area contributed by atoms with Gasteiger partial charge in [0, 0.05) is 12.3 Å². The van der Waals surface area contributed by atoms with E-state index in [4.69, 9.17) is 15.2 Å².